The maximum atomic E-state index is 11.9. The predicted molar refractivity (Wildman–Crippen MR) is 83.6 cm³/mol. The van der Waals surface area contributed by atoms with Crippen LogP contribution < -0.4 is 20.5 Å². The van der Waals surface area contributed by atoms with Gasteiger partial charge in [-0.15, -0.1) is 0 Å². The number of ether oxygens (including phenoxy) is 2. The minimum Gasteiger partial charge on any atom is -0.497 e. The zero-order valence-corrected chi connectivity index (χ0v) is 13.3. The van der Waals surface area contributed by atoms with Crippen molar-refractivity contribution in [3.8, 4) is 11.5 Å². The zero-order chi connectivity index (χ0) is 15.8. The van der Waals surface area contributed by atoms with Crippen LogP contribution in [0.15, 0.2) is 18.2 Å². The van der Waals surface area contributed by atoms with Crippen LogP contribution in [0.1, 0.15) is 45.2 Å². The van der Waals surface area contributed by atoms with Crippen LogP contribution in [0.3, 0.4) is 0 Å². The van der Waals surface area contributed by atoms with E-state index >= 15 is 0 Å². The summed E-state index contributed by atoms with van der Waals surface area (Å²) in [5, 5.41) is 2.94. The smallest absolute Gasteiger partial charge is 0.258 e. The van der Waals surface area contributed by atoms with Crippen LogP contribution in [0, 0.1) is 0 Å². The molecule has 0 bridgehead atoms. The van der Waals surface area contributed by atoms with Crippen LogP contribution in [0.4, 0.5) is 0 Å². The molecule has 0 fully saturated rings. The SMILES string of the molecule is CCC(CC)NC(=O)COc1cc(OC)ccc1C(C)N. The van der Waals surface area contributed by atoms with Gasteiger partial charge in [0.25, 0.3) is 5.91 Å². The fourth-order valence-electron chi connectivity index (χ4n) is 2.05. The second kappa shape index (κ2) is 8.52. The number of rotatable bonds is 8. The summed E-state index contributed by atoms with van der Waals surface area (Å²) < 4.78 is 10.8. The van der Waals surface area contributed by atoms with Gasteiger partial charge in [0.05, 0.1) is 7.11 Å². The lowest BCUT2D eigenvalue weighted by atomic mass is 10.1. The molecule has 1 atom stereocenters. The number of nitrogens with two attached hydrogens (primary N) is 1. The molecule has 5 nitrogen and oxygen atoms in total. The minimum absolute atomic E-state index is 0.0244. The molecule has 0 saturated heterocycles. The monoisotopic (exact) mass is 294 g/mol. The first-order valence-electron chi connectivity index (χ1n) is 7.37. The van der Waals surface area contributed by atoms with Gasteiger partial charge in [-0.1, -0.05) is 19.9 Å². The topological polar surface area (TPSA) is 73.6 Å². The van der Waals surface area contributed by atoms with E-state index in [1.54, 1.807) is 13.2 Å². The number of hydrogen-bond acceptors (Lipinski definition) is 4. The number of nitrogens with one attached hydrogen (secondary N) is 1. The van der Waals surface area contributed by atoms with E-state index in [0.717, 1.165) is 18.4 Å². The molecular weight excluding hydrogens is 268 g/mol. The molecule has 118 valence electrons. The van der Waals surface area contributed by atoms with Crippen LogP contribution in [0.5, 0.6) is 11.5 Å². The molecule has 1 aromatic carbocycles. The van der Waals surface area contributed by atoms with Gasteiger partial charge < -0.3 is 20.5 Å². The van der Waals surface area contributed by atoms with Gasteiger partial charge in [-0.25, -0.2) is 0 Å². The molecule has 0 saturated carbocycles. The molecule has 1 amide bonds. The molecule has 0 aliphatic carbocycles. The Hall–Kier alpha value is -1.75. The van der Waals surface area contributed by atoms with Crippen molar-refractivity contribution in [1.29, 1.82) is 0 Å². The fraction of sp³-hybridized carbons (Fsp3) is 0.562. The van der Waals surface area contributed by atoms with Gasteiger partial charge in [0.1, 0.15) is 11.5 Å². The van der Waals surface area contributed by atoms with Crippen LogP contribution in [-0.2, 0) is 4.79 Å². The number of methoxy groups -OCH3 is 1. The molecule has 1 unspecified atom stereocenters. The third-order valence-corrected chi connectivity index (χ3v) is 3.42. The van der Waals surface area contributed by atoms with Crippen LogP contribution in [0.25, 0.3) is 0 Å². The summed E-state index contributed by atoms with van der Waals surface area (Å²) in [6.07, 6.45) is 1.82. The summed E-state index contributed by atoms with van der Waals surface area (Å²) in [5.41, 5.74) is 6.77. The van der Waals surface area contributed by atoms with Gasteiger partial charge >= 0.3 is 0 Å². The molecule has 0 aliphatic heterocycles. The van der Waals surface area contributed by atoms with Crippen molar-refractivity contribution >= 4 is 5.91 Å². The van der Waals surface area contributed by atoms with E-state index in [1.807, 2.05) is 32.9 Å². The summed E-state index contributed by atoms with van der Waals surface area (Å²) in [5.74, 6) is 1.14. The summed E-state index contributed by atoms with van der Waals surface area (Å²) in [4.78, 5) is 11.9. The molecule has 0 spiro atoms. The lowest BCUT2D eigenvalue weighted by Gasteiger charge is -2.17. The van der Waals surface area contributed by atoms with E-state index in [4.69, 9.17) is 15.2 Å². The number of benzene rings is 1. The van der Waals surface area contributed by atoms with Gasteiger partial charge in [-0.3, -0.25) is 4.79 Å². The highest BCUT2D eigenvalue weighted by Gasteiger charge is 2.13. The Morgan fingerprint density at radius 2 is 2.00 bits per heavy atom. The highest BCUT2D eigenvalue weighted by atomic mass is 16.5. The van der Waals surface area contributed by atoms with Crippen LogP contribution >= 0.6 is 0 Å². The first-order valence-corrected chi connectivity index (χ1v) is 7.37. The molecule has 3 N–H and O–H groups in total. The highest BCUT2D eigenvalue weighted by Crippen LogP contribution is 2.28. The third kappa shape index (κ3) is 5.27. The van der Waals surface area contributed by atoms with E-state index in [-0.39, 0.29) is 24.6 Å². The Morgan fingerprint density at radius 3 is 2.52 bits per heavy atom. The number of amides is 1. The largest absolute Gasteiger partial charge is 0.497 e. The van der Waals surface area contributed by atoms with E-state index in [1.165, 1.54) is 0 Å². The first kappa shape index (κ1) is 17.3. The maximum absolute atomic E-state index is 11.9. The molecule has 21 heavy (non-hydrogen) atoms. The number of carbonyl (C=O) groups is 1. The Kier molecular flexibility index (Phi) is 7.02. The van der Waals surface area contributed by atoms with Crippen molar-refractivity contribution in [2.75, 3.05) is 13.7 Å². The van der Waals surface area contributed by atoms with Gasteiger partial charge in [0.2, 0.25) is 0 Å². The zero-order valence-electron chi connectivity index (χ0n) is 13.3. The van der Waals surface area contributed by atoms with Gasteiger partial charge in [-0.2, -0.15) is 0 Å². The molecule has 5 heteroatoms. The summed E-state index contributed by atoms with van der Waals surface area (Å²) in [7, 11) is 1.59. The summed E-state index contributed by atoms with van der Waals surface area (Å²) in [6.45, 7) is 5.94. The van der Waals surface area contributed by atoms with Gasteiger partial charge in [0, 0.05) is 23.7 Å². The maximum Gasteiger partial charge on any atom is 0.258 e. The Labute approximate surface area is 126 Å². The van der Waals surface area contributed by atoms with E-state index < -0.39 is 0 Å². The minimum atomic E-state index is -0.173. The lowest BCUT2D eigenvalue weighted by Crippen LogP contribution is -2.37. The average molecular weight is 294 g/mol. The first-order chi connectivity index (χ1) is 10.0. The molecule has 0 radical (unpaired) electrons. The number of carbonyl (C=O) groups excluding carboxylic acids is 1. The average Bonchev–Trinajstić information content (AvgIpc) is 2.49. The van der Waals surface area contributed by atoms with Crippen LogP contribution in [0.2, 0.25) is 0 Å². The third-order valence-electron chi connectivity index (χ3n) is 3.42. The molecule has 1 aromatic rings. The Bertz CT molecular complexity index is 457. The molecular formula is C16H26N2O3. The van der Waals surface area contributed by atoms with Gasteiger partial charge in [0.15, 0.2) is 6.61 Å². The normalized spacial score (nSPS) is 12.1. The Balaban J connectivity index is 2.71. The lowest BCUT2D eigenvalue weighted by molar-refractivity contribution is -0.123. The molecule has 1 rings (SSSR count). The second-order valence-electron chi connectivity index (χ2n) is 5.06. The quantitative estimate of drug-likeness (QED) is 0.772. The second-order valence-corrected chi connectivity index (χ2v) is 5.06. The molecule has 0 aromatic heterocycles. The van der Waals surface area contributed by atoms with Crippen molar-refractivity contribution in [3.63, 3.8) is 0 Å². The summed E-state index contributed by atoms with van der Waals surface area (Å²) in [6, 6.07) is 5.46. The fourth-order valence-corrected chi connectivity index (χ4v) is 2.05. The van der Waals surface area contributed by atoms with E-state index in [0.29, 0.717) is 11.5 Å². The Morgan fingerprint density at radius 1 is 1.33 bits per heavy atom. The van der Waals surface area contributed by atoms with Crippen molar-refractivity contribution in [1.82, 2.24) is 5.32 Å². The standard InChI is InChI=1S/C16H26N2O3/c1-5-12(6-2)18-16(19)10-21-15-9-13(20-4)7-8-14(15)11(3)17/h7-9,11-12H,5-6,10,17H2,1-4H3,(H,18,19). The van der Waals surface area contributed by atoms with Crippen molar-refractivity contribution in [3.05, 3.63) is 23.8 Å². The van der Waals surface area contributed by atoms with E-state index in [2.05, 4.69) is 5.32 Å². The number of hydrogen-bond donors (Lipinski definition) is 2. The van der Waals surface area contributed by atoms with Crippen LogP contribution in [-0.4, -0.2) is 25.7 Å². The van der Waals surface area contributed by atoms with Gasteiger partial charge in [-0.05, 0) is 25.8 Å². The summed E-state index contributed by atoms with van der Waals surface area (Å²) >= 11 is 0. The van der Waals surface area contributed by atoms with E-state index in [9.17, 15) is 4.79 Å². The molecule has 0 heterocycles. The van der Waals surface area contributed by atoms with Crippen molar-refractivity contribution in [2.24, 2.45) is 5.73 Å². The van der Waals surface area contributed by atoms with Crippen molar-refractivity contribution < 1.29 is 14.3 Å². The highest BCUT2D eigenvalue weighted by molar-refractivity contribution is 5.77. The van der Waals surface area contributed by atoms with Crippen molar-refractivity contribution in [2.45, 2.75) is 45.7 Å². The predicted octanol–water partition coefficient (Wildman–Crippen LogP) is 2.40. The molecule has 0 aliphatic rings.